The maximum Gasteiger partial charge on any atom is 0.130 e. The third-order valence-corrected chi connectivity index (χ3v) is 8.18. The van der Waals surface area contributed by atoms with Gasteiger partial charge in [-0.25, -0.2) is 0 Å². The highest BCUT2D eigenvalue weighted by molar-refractivity contribution is 4.62. The Morgan fingerprint density at radius 1 is 0.442 bits per heavy atom. The molecule has 0 bridgehead atoms. The van der Waals surface area contributed by atoms with Gasteiger partial charge in [0.1, 0.15) is 25.3 Å². The van der Waals surface area contributed by atoms with Crippen LogP contribution in [0.1, 0.15) is 142 Å². The predicted octanol–water partition coefficient (Wildman–Crippen LogP) is 7.69. The Hall–Kier alpha value is -0.280. The van der Waals surface area contributed by atoms with Crippen molar-refractivity contribution in [2.24, 2.45) is 0 Å². The molecule has 2 unspecified atom stereocenters. The summed E-state index contributed by atoms with van der Waals surface area (Å²) in [7, 11) is 4.35. The summed E-state index contributed by atoms with van der Waals surface area (Å²) in [6, 6.07) is 0. The Balaban J connectivity index is 4.24. The quantitative estimate of drug-likeness (QED) is 0.0554. The van der Waals surface area contributed by atoms with Crippen LogP contribution in [0.3, 0.4) is 0 Å². The van der Waals surface area contributed by atoms with Gasteiger partial charge in [0.25, 0.3) is 0 Å². The molecular formula is C36H76NO6+. The molecule has 2 atom stereocenters. The molecule has 0 heterocycles. The molecule has 0 aromatic heterocycles. The summed E-state index contributed by atoms with van der Waals surface area (Å²) in [5.41, 5.74) is 0. The van der Waals surface area contributed by atoms with Crippen LogP contribution in [0.15, 0.2) is 0 Å². The van der Waals surface area contributed by atoms with Crippen molar-refractivity contribution in [3.8, 4) is 0 Å². The number of aliphatic hydroxyl groups is 2. The number of ether oxygens (including phenoxy) is 4. The van der Waals surface area contributed by atoms with E-state index in [1.54, 1.807) is 0 Å². The molecule has 0 aromatic carbocycles. The second-order valence-corrected chi connectivity index (χ2v) is 13.2. The lowest BCUT2D eigenvalue weighted by molar-refractivity contribution is -0.896. The van der Waals surface area contributed by atoms with Crippen molar-refractivity contribution in [2.75, 3.05) is 80.0 Å². The van der Waals surface area contributed by atoms with Crippen molar-refractivity contribution < 1.29 is 33.6 Å². The Kier molecular flexibility index (Phi) is 32.9. The van der Waals surface area contributed by atoms with E-state index in [2.05, 4.69) is 27.9 Å². The summed E-state index contributed by atoms with van der Waals surface area (Å²) in [6.45, 7) is 9.32. The van der Waals surface area contributed by atoms with Crippen LogP contribution in [0.2, 0.25) is 0 Å². The van der Waals surface area contributed by atoms with Crippen molar-refractivity contribution in [2.45, 2.75) is 154 Å². The first-order valence-corrected chi connectivity index (χ1v) is 18.4. The van der Waals surface area contributed by atoms with Gasteiger partial charge in [-0.1, -0.05) is 129 Å². The zero-order chi connectivity index (χ0) is 31.7. The summed E-state index contributed by atoms with van der Waals surface area (Å²) >= 11 is 0. The lowest BCUT2D eigenvalue weighted by Gasteiger charge is -2.36. The highest BCUT2D eigenvalue weighted by atomic mass is 16.5. The van der Waals surface area contributed by atoms with Crippen LogP contribution in [-0.4, -0.2) is 107 Å². The zero-order valence-corrected chi connectivity index (χ0v) is 29.3. The molecule has 7 heteroatoms. The molecule has 0 saturated heterocycles. The van der Waals surface area contributed by atoms with Crippen LogP contribution in [0.4, 0.5) is 0 Å². The van der Waals surface area contributed by atoms with Crippen molar-refractivity contribution >= 4 is 0 Å². The van der Waals surface area contributed by atoms with Crippen molar-refractivity contribution in [3.05, 3.63) is 0 Å². The molecule has 2 N–H and O–H groups in total. The second kappa shape index (κ2) is 33.1. The van der Waals surface area contributed by atoms with E-state index in [1.165, 1.54) is 116 Å². The highest BCUT2D eigenvalue weighted by Crippen LogP contribution is 2.13. The van der Waals surface area contributed by atoms with E-state index in [1.807, 2.05) is 0 Å². The lowest BCUT2D eigenvalue weighted by Crippen LogP contribution is -2.52. The molecule has 0 fully saturated rings. The van der Waals surface area contributed by atoms with Gasteiger partial charge in [-0.05, 0) is 12.8 Å². The molecule has 7 nitrogen and oxygen atoms in total. The molecule has 0 aliphatic heterocycles. The minimum atomic E-state index is -0.0867. The monoisotopic (exact) mass is 619 g/mol. The van der Waals surface area contributed by atoms with E-state index in [-0.39, 0.29) is 25.4 Å². The Bertz CT molecular complexity index is 492. The molecule has 0 aliphatic carbocycles. The SMILES string of the molecule is CCCCCCCCCCCCOCC(C[N+](C)(C)CC(COCCCCCCCCCCCC)OCCO)OCCO. The summed E-state index contributed by atoms with van der Waals surface area (Å²) in [5, 5.41) is 18.7. The van der Waals surface area contributed by atoms with Gasteiger partial charge in [0, 0.05) is 13.2 Å². The van der Waals surface area contributed by atoms with Crippen LogP contribution >= 0.6 is 0 Å². The number of likely N-dealkylation sites (N-methyl/N-ethyl adjacent to an activating group) is 1. The van der Waals surface area contributed by atoms with Gasteiger partial charge < -0.3 is 33.6 Å². The second-order valence-electron chi connectivity index (χ2n) is 13.2. The van der Waals surface area contributed by atoms with E-state index >= 15 is 0 Å². The first kappa shape index (κ1) is 42.7. The highest BCUT2D eigenvalue weighted by Gasteiger charge is 2.27. The first-order chi connectivity index (χ1) is 21.0. The van der Waals surface area contributed by atoms with Crippen molar-refractivity contribution in [1.82, 2.24) is 0 Å². The van der Waals surface area contributed by atoms with Gasteiger partial charge in [0.05, 0.1) is 53.7 Å². The normalized spacial score (nSPS) is 13.5. The Morgan fingerprint density at radius 2 is 0.744 bits per heavy atom. The van der Waals surface area contributed by atoms with Crippen LogP contribution in [0, 0.1) is 0 Å². The number of aliphatic hydroxyl groups excluding tert-OH is 2. The van der Waals surface area contributed by atoms with E-state index in [4.69, 9.17) is 18.9 Å². The zero-order valence-electron chi connectivity index (χ0n) is 29.3. The van der Waals surface area contributed by atoms with Crippen molar-refractivity contribution in [1.29, 1.82) is 0 Å². The average Bonchev–Trinajstić information content (AvgIpc) is 2.99. The number of hydrogen-bond acceptors (Lipinski definition) is 6. The van der Waals surface area contributed by atoms with Crippen LogP contribution in [0.5, 0.6) is 0 Å². The molecular weight excluding hydrogens is 542 g/mol. The minimum Gasteiger partial charge on any atom is -0.394 e. The molecule has 0 aromatic rings. The predicted molar refractivity (Wildman–Crippen MR) is 181 cm³/mol. The number of unbranched alkanes of at least 4 members (excludes halogenated alkanes) is 18. The maximum absolute atomic E-state index is 9.34. The molecule has 0 saturated carbocycles. The molecule has 0 radical (unpaired) electrons. The van der Waals surface area contributed by atoms with Gasteiger partial charge >= 0.3 is 0 Å². The molecule has 0 spiro atoms. The summed E-state index contributed by atoms with van der Waals surface area (Å²) in [6.07, 6.45) is 26.2. The van der Waals surface area contributed by atoms with Crippen LogP contribution < -0.4 is 0 Å². The van der Waals surface area contributed by atoms with Gasteiger partial charge in [-0.2, -0.15) is 0 Å². The van der Waals surface area contributed by atoms with Gasteiger partial charge in [0.15, 0.2) is 0 Å². The van der Waals surface area contributed by atoms with Crippen molar-refractivity contribution in [3.63, 3.8) is 0 Å². The fourth-order valence-electron chi connectivity index (χ4n) is 5.74. The van der Waals surface area contributed by atoms with Crippen LogP contribution in [0.25, 0.3) is 0 Å². The lowest BCUT2D eigenvalue weighted by atomic mass is 10.1. The Morgan fingerprint density at radius 3 is 1.05 bits per heavy atom. The first-order valence-electron chi connectivity index (χ1n) is 18.4. The fourth-order valence-corrected chi connectivity index (χ4v) is 5.74. The Labute approximate surface area is 268 Å². The third kappa shape index (κ3) is 31.5. The average molecular weight is 619 g/mol. The largest absolute Gasteiger partial charge is 0.394 e. The van der Waals surface area contributed by atoms with E-state index in [0.717, 1.165) is 39.1 Å². The van der Waals surface area contributed by atoms with Gasteiger partial charge in [-0.3, -0.25) is 0 Å². The van der Waals surface area contributed by atoms with E-state index < -0.39 is 0 Å². The molecule has 43 heavy (non-hydrogen) atoms. The molecule has 260 valence electrons. The number of nitrogens with zero attached hydrogens (tertiary/aromatic N) is 1. The number of hydrogen-bond donors (Lipinski definition) is 2. The number of rotatable bonds is 36. The fraction of sp³-hybridized carbons (Fsp3) is 1.00. The third-order valence-electron chi connectivity index (χ3n) is 8.18. The molecule has 0 rings (SSSR count). The van der Waals surface area contributed by atoms with Crippen LogP contribution in [-0.2, 0) is 18.9 Å². The van der Waals surface area contributed by atoms with E-state index in [0.29, 0.717) is 30.9 Å². The molecule has 0 amide bonds. The van der Waals surface area contributed by atoms with Gasteiger partial charge in [0.2, 0.25) is 0 Å². The smallest absolute Gasteiger partial charge is 0.130 e. The molecule has 0 aliphatic rings. The van der Waals surface area contributed by atoms with E-state index in [9.17, 15) is 10.2 Å². The maximum atomic E-state index is 9.34. The summed E-state index contributed by atoms with van der Waals surface area (Å²) in [4.78, 5) is 0. The summed E-state index contributed by atoms with van der Waals surface area (Å²) < 4.78 is 24.7. The van der Waals surface area contributed by atoms with Gasteiger partial charge in [-0.15, -0.1) is 0 Å². The standard InChI is InChI=1S/C36H76NO6/c1-5-7-9-11-13-15-17-19-21-23-27-40-33-35(42-29-25-38)31-37(3,4)32-36(43-30-26-39)34-41-28-24-22-20-18-16-14-12-10-8-6-2/h35-36,38-39H,5-34H2,1-4H3/q+1. The topological polar surface area (TPSA) is 77.4 Å². The minimum absolute atomic E-state index is 0.0113. The number of quaternary nitrogens is 1. The summed E-state index contributed by atoms with van der Waals surface area (Å²) in [5.74, 6) is 0.